The van der Waals surface area contributed by atoms with Gasteiger partial charge in [0.1, 0.15) is 23.4 Å². The molecule has 0 bridgehead atoms. The Bertz CT molecular complexity index is 1340. The van der Waals surface area contributed by atoms with Crippen molar-refractivity contribution >= 4 is 11.1 Å². The molecule has 3 aromatic carbocycles. The van der Waals surface area contributed by atoms with E-state index in [1.165, 1.54) is 0 Å². The van der Waals surface area contributed by atoms with Gasteiger partial charge in [-0.05, 0) is 78.7 Å². The second-order valence-electron chi connectivity index (χ2n) is 8.74. The first kappa shape index (κ1) is 16.4. The van der Waals surface area contributed by atoms with Crippen molar-refractivity contribution < 1.29 is 21.8 Å². The fourth-order valence-electron chi connectivity index (χ4n) is 4.68. The van der Waals surface area contributed by atoms with Crippen molar-refractivity contribution in [3.8, 4) is 17.2 Å². The average Bonchev–Trinajstić information content (AvgIpc) is 2.83. The van der Waals surface area contributed by atoms with Crippen LogP contribution in [0.1, 0.15) is 55.4 Å². The Morgan fingerprint density at radius 1 is 1.00 bits per heavy atom. The van der Waals surface area contributed by atoms with Crippen molar-refractivity contribution in [2.75, 3.05) is 19.6 Å². The number of phenolic OH excluding ortho intramolecular Hbond substituents is 2. The van der Waals surface area contributed by atoms with Crippen molar-refractivity contribution in [2.24, 2.45) is 5.92 Å². The zero-order valence-corrected chi connectivity index (χ0v) is 18.6. The highest BCUT2D eigenvalue weighted by molar-refractivity contribution is 5.95. The zero-order chi connectivity index (χ0) is 27.2. The molecule has 33 heavy (non-hydrogen) atoms. The molecular weight excluding hydrogens is 410 g/mol. The van der Waals surface area contributed by atoms with Crippen LogP contribution in [0.2, 0.25) is 0 Å². The average molecular weight is 447 g/mol. The smallest absolute Gasteiger partial charge is 0.150 e. The molecule has 1 fully saturated rings. The molecular formula is C29H31NO3. The van der Waals surface area contributed by atoms with Gasteiger partial charge in [0.2, 0.25) is 0 Å². The van der Waals surface area contributed by atoms with E-state index in [1.807, 2.05) is 42.2 Å². The molecule has 2 heterocycles. The molecule has 1 atom stereocenters. The highest BCUT2D eigenvalue weighted by Crippen LogP contribution is 2.47. The van der Waals surface area contributed by atoms with E-state index in [-0.39, 0.29) is 23.8 Å². The van der Waals surface area contributed by atoms with E-state index < -0.39 is 19.3 Å². The van der Waals surface area contributed by atoms with Crippen molar-refractivity contribution in [3.63, 3.8) is 0 Å². The largest absolute Gasteiger partial charge is 0.508 e. The third kappa shape index (κ3) is 4.36. The molecule has 3 aromatic rings. The van der Waals surface area contributed by atoms with Gasteiger partial charge in [0.25, 0.3) is 0 Å². The molecule has 5 rings (SSSR count). The summed E-state index contributed by atoms with van der Waals surface area (Å²) in [6.07, 6.45) is -1.93. The van der Waals surface area contributed by atoms with E-state index in [9.17, 15) is 10.2 Å². The molecule has 0 aliphatic carbocycles. The lowest BCUT2D eigenvalue weighted by atomic mass is 9.85. The van der Waals surface area contributed by atoms with Crippen molar-refractivity contribution in [1.82, 2.24) is 4.90 Å². The summed E-state index contributed by atoms with van der Waals surface area (Å²) in [7, 11) is 0. The Balaban J connectivity index is 1.40. The fourth-order valence-corrected chi connectivity index (χ4v) is 4.68. The van der Waals surface area contributed by atoms with Gasteiger partial charge >= 0.3 is 0 Å². The molecule has 0 radical (unpaired) electrons. The van der Waals surface area contributed by atoms with E-state index in [1.54, 1.807) is 36.4 Å². The van der Waals surface area contributed by atoms with E-state index in [4.69, 9.17) is 11.6 Å². The van der Waals surface area contributed by atoms with Crippen LogP contribution < -0.4 is 4.74 Å². The second kappa shape index (κ2) is 8.95. The Morgan fingerprint density at radius 2 is 1.73 bits per heavy atom. The monoisotopic (exact) mass is 446 g/mol. The van der Waals surface area contributed by atoms with Crippen LogP contribution in [0.3, 0.4) is 0 Å². The van der Waals surface area contributed by atoms with Gasteiger partial charge < -0.3 is 19.8 Å². The Kier molecular flexibility index (Phi) is 4.44. The second-order valence-corrected chi connectivity index (χ2v) is 8.74. The van der Waals surface area contributed by atoms with Crippen LogP contribution >= 0.6 is 0 Å². The number of aromatic hydroxyl groups is 2. The first-order valence-corrected chi connectivity index (χ1v) is 11.3. The summed E-state index contributed by atoms with van der Waals surface area (Å²) in [5.74, 6) is 0.645. The van der Waals surface area contributed by atoms with Crippen LogP contribution in [0.4, 0.5) is 0 Å². The summed E-state index contributed by atoms with van der Waals surface area (Å²) in [5, 5.41) is 19.9. The third-order valence-electron chi connectivity index (χ3n) is 6.43. The van der Waals surface area contributed by atoms with Gasteiger partial charge in [-0.25, -0.2) is 0 Å². The predicted octanol–water partition coefficient (Wildman–Crippen LogP) is 6.05. The topological polar surface area (TPSA) is 52.9 Å². The quantitative estimate of drug-likeness (QED) is 0.484. The number of ether oxygens (including phenoxy) is 1. The van der Waals surface area contributed by atoms with Crippen LogP contribution in [-0.2, 0) is 6.37 Å². The first-order valence-electron chi connectivity index (χ1n) is 13.8. The maximum absolute atomic E-state index is 10.0. The van der Waals surface area contributed by atoms with Gasteiger partial charge in [0.05, 0.1) is 0 Å². The number of rotatable bonds is 6. The third-order valence-corrected chi connectivity index (χ3v) is 6.43. The number of hydrogen-bond donors (Lipinski definition) is 2. The lowest BCUT2D eigenvalue weighted by Crippen LogP contribution is -2.47. The van der Waals surface area contributed by atoms with Gasteiger partial charge in [-0.15, -0.1) is 0 Å². The molecule has 0 saturated carbocycles. The summed E-state index contributed by atoms with van der Waals surface area (Å²) >= 11 is 0. The van der Waals surface area contributed by atoms with Gasteiger partial charge in [0.15, 0.2) is 0 Å². The molecule has 1 saturated heterocycles. The molecule has 0 amide bonds. The molecule has 0 aromatic heterocycles. The van der Waals surface area contributed by atoms with E-state index in [0.29, 0.717) is 30.9 Å². The summed E-state index contributed by atoms with van der Waals surface area (Å²) < 4.78 is 46.1. The Hall–Kier alpha value is -3.24. The minimum Gasteiger partial charge on any atom is -0.508 e. The number of likely N-dealkylation sites (tertiary alicyclic amines) is 1. The summed E-state index contributed by atoms with van der Waals surface area (Å²) in [5.41, 5.74) is 5.12. The normalized spacial score (nSPS) is 21.6. The van der Waals surface area contributed by atoms with Crippen LogP contribution in [0.25, 0.3) is 11.1 Å². The standard InChI is InChI=1S/C29H31NO3/c1-3-14-30-17-21(18-30)15-20-4-6-23(7-5-20)29-28(22-8-10-24(31)11-9-22)19(2)26-13-12-25(32)16-27(26)33-29/h4-13,16,21,29,31-32H,3,14-15,17-18H2,1-2H3/i1D3,15D2. The highest BCUT2D eigenvalue weighted by Gasteiger charge is 2.30. The van der Waals surface area contributed by atoms with Crippen molar-refractivity contribution in [2.45, 2.75) is 32.7 Å². The minimum absolute atomic E-state index is 0.107. The number of allylic oxidation sites excluding steroid dienone is 1. The van der Waals surface area contributed by atoms with Crippen LogP contribution in [0, 0.1) is 5.92 Å². The Morgan fingerprint density at radius 3 is 2.45 bits per heavy atom. The van der Waals surface area contributed by atoms with Gasteiger partial charge in [-0.2, -0.15) is 0 Å². The van der Waals surface area contributed by atoms with Gasteiger partial charge in [-0.3, -0.25) is 0 Å². The van der Waals surface area contributed by atoms with Crippen LogP contribution in [-0.4, -0.2) is 34.7 Å². The molecule has 170 valence electrons. The maximum Gasteiger partial charge on any atom is 0.150 e. The summed E-state index contributed by atoms with van der Waals surface area (Å²) in [4.78, 5) is 1.99. The lowest BCUT2D eigenvalue weighted by Gasteiger charge is -2.39. The number of phenols is 2. The van der Waals surface area contributed by atoms with Crippen LogP contribution in [0.5, 0.6) is 17.2 Å². The highest BCUT2D eigenvalue weighted by atomic mass is 16.5. The minimum atomic E-state index is -1.97. The lowest BCUT2D eigenvalue weighted by molar-refractivity contribution is 0.101. The van der Waals surface area contributed by atoms with Gasteiger partial charge in [0, 0.05) is 37.1 Å². The molecule has 1 unspecified atom stereocenters. The zero-order valence-electron chi connectivity index (χ0n) is 23.6. The number of nitrogens with zero attached hydrogens (tertiary/aromatic N) is 1. The molecule has 0 spiro atoms. The molecule has 2 aliphatic rings. The number of fused-ring (bicyclic) bond motifs is 1. The van der Waals surface area contributed by atoms with E-state index in [0.717, 1.165) is 27.8 Å². The molecule has 2 aliphatic heterocycles. The number of benzene rings is 3. The first-order chi connectivity index (χ1) is 17.9. The van der Waals surface area contributed by atoms with Crippen LogP contribution in [0.15, 0.2) is 66.7 Å². The van der Waals surface area contributed by atoms with Crippen molar-refractivity contribution in [1.29, 1.82) is 0 Å². The van der Waals surface area contributed by atoms with Crippen molar-refractivity contribution in [3.05, 3.63) is 89.0 Å². The predicted molar refractivity (Wildman–Crippen MR) is 132 cm³/mol. The fraction of sp³-hybridized carbons (Fsp3) is 0.310. The van der Waals surface area contributed by atoms with E-state index in [2.05, 4.69) is 0 Å². The summed E-state index contributed by atoms with van der Waals surface area (Å²) in [6, 6.07) is 19.4. The molecule has 4 nitrogen and oxygen atoms in total. The SMILES string of the molecule is [2H]C([2H])([2H])CCN1CC(C([2H])([2H])c2ccc(C3Oc4cc(O)ccc4C(C)=C3c3ccc(O)cc3)cc2)C1. The van der Waals surface area contributed by atoms with Gasteiger partial charge in [-0.1, -0.05) is 43.3 Å². The van der Waals surface area contributed by atoms with E-state index >= 15 is 0 Å². The summed E-state index contributed by atoms with van der Waals surface area (Å²) in [6.45, 7) is 1.55. The number of hydrogen-bond acceptors (Lipinski definition) is 4. The molecule has 2 N–H and O–H groups in total. The maximum atomic E-state index is 10.0. The Labute approximate surface area is 202 Å². The molecule has 4 heteroatoms.